The predicted octanol–water partition coefficient (Wildman–Crippen LogP) is 9.44. The molecule has 2 heteroatoms. The molecule has 1 spiro atoms. The summed E-state index contributed by atoms with van der Waals surface area (Å²) in [5.41, 5.74) is 15.8. The molecule has 6 atom stereocenters. The van der Waals surface area contributed by atoms with E-state index in [0.717, 1.165) is 34.2 Å². The Hall–Kier alpha value is -4.22. The van der Waals surface area contributed by atoms with Crippen LogP contribution in [-0.2, 0) is 10.8 Å². The van der Waals surface area contributed by atoms with Crippen molar-refractivity contribution >= 4 is 36.4 Å². The summed E-state index contributed by atoms with van der Waals surface area (Å²) in [5, 5.41) is 1.15. The molecule has 0 amide bonds. The number of allylic oxidation sites excluding steroid dienone is 6. The minimum absolute atomic E-state index is 0.00586. The van der Waals surface area contributed by atoms with Crippen LogP contribution < -0.4 is 5.46 Å². The third kappa shape index (κ3) is 3.56. The molecular weight excluding hydrogens is 531 g/mol. The van der Waals surface area contributed by atoms with E-state index in [9.17, 15) is 0 Å². The molecule has 3 aromatic carbocycles. The fraction of sp³-hybridized carbons (Fsp3) is 0.286. The van der Waals surface area contributed by atoms with Crippen LogP contribution in [0.4, 0.5) is 0 Å². The molecule has 0 bridgehead atoms. The van der Waals surface area contributed by atoms with Crippen LogP contribution in [0.5, 0.6) is 0 Å². The number of rotatable bonds is 4. The highest BCUT2D eigenvalue weighted by atomic mass is 16.3. The van der Waals surface area contributed by atoms with Crippen LogP contribution in [0.1, 0.15) is 85.1 Å². The third-order valence-corrected chi connectivity index (χ3v) is 11.3. The zero-order valence-corrected chi connectivity index (χ0v) is 26.0. The molecule has 0 aliphatic heterocycles. The Kier molecular flexibility index (Phi) is 6.15. The van der Waals surface area contributed by atoms with Crippen LogP contribution in [0.2, 0.25) is 0 Å². The summed E-state index contributed by atoms with van der Waals surface area (Å²) in [6, 6.07) is 22.5. The SMILES string of the molecule is [B]c1cccc2c1C(CC(C)c1cccc3c4c(oc13)C=C=C=C4)C(/C=C\C)C21c2ccccc2C(C)(C)C2C=CC=CC21. The van der Waals surface area contributed by atoms with Gasteiger partial charge in [-0.15, -0.1) is 0 Å². The highest BCUT2D eigenvalue weighted by Gasteiger charge is 2.62. The van der Waals surface area contributed by atoms with Crippen molar-refractivity contribution in [1.29, 1.82) is 0 Å². The summed E-state index contributed by atoms with van der Waals surface area (Å²) >= 11 is 0. The second-order valence-corrected chi connectivity index (χ2v) is 13.7. The second kappa shape index (κ2) is 9.90. The van der Waals surface area contributed by atoms with Crippen molar-refractivity contribution in [3.05, 3.63) is 148 Å². The average Bonchev–Trinajstić information content (AvgIpc) is 3.55. The van der Waals surface area contributed by atoms with Crippen LogP contribution in [0.15, 0.2) is 113 Å². The standard InChI is InChI=1S/C42H37BO/c1-5-14-31-30(25-26(2)27-16-12-17-29-28-15-6-11-24-38(28)44-40(27)29)39-36(22-13-23-37(39)43)42(31)34-20-9-7-18-32(34)41(3,4)33-19-8-10-21-35(33)42/h5,7-10,12-24,26,30-32,34H,25H2,1-4H3/b14-5-. The molecule has 1 nitrogen and oxygen atoms in total. The van der Waals surface area contributed by atoms with Crippen LogP contribution in [-0.4, -0.2) is 7.85 Å². The minimum atomic E-state index is -0.226. The first-order valence-corrected chi connectivity index (χ1v) is 16.1. The fourth-order valence-corrected chi connectivity index (χ4v) is 9.57. The molecule has 44 heavy (non-hydrogen) atoms. The Labute approximate surface area is 262 Å². The van der Waals surface area contributed by atoms with Crippen molar-refractivity contribution in [2.45, 2.75) is 56.8 Å². The zero-order chi connectivity index (χ0) is 30.2. The van der Waals surface area contributed by atoms with Crippen LogP contribution in [0.25, 0.3) is 23.1 Å². The van der Waals surface area contributed by atoms with Crippen molar-refractivity contribution in [3.63, 3.8) is 0 Å². The van der Waals surface area contributed by atoms with Gasteiger partial charge in [0.05, 0.1) is 0 Å². The van der Waals surface area contributed by atoms with Gasteiger partial charge in [-0.3, -0.25) is 0 Å². The van der Waals surface area contributed by atoms with Crippen molar-refractivity contribution in [2.75, 3.05) is 0 Å². The lowest BCUT2D eigenvalue weighted by Gasteiger charge is -2.56. The molecule has 214 valence electrons. The first-order valence-electron chi connectivity index (χ1n) is 16.1. The molecule has 1 aromatic heterocycles. The number of hydrogen-bond donors (Lipinski definition) is 0. The van der Waals surface area contributed by atoms with Gasteiger partial charge >= 0.3 is 0 Å². The van der Waals surface area contributed by atoms with E-state index in [2.05, 4.69) is 136 Å². The van der Waals surface area contributed by atoms with E-state index in [1.807, 2.05) is 12.2 Å². The molecule has 4 aliphatic rings. The minimum Gasteiger partial charge on any atom is -0.455 e. The predicted molar refractivity (Wildman–Crippen MR) is 184 cm³/mol. The molecule has 6 unspecified atom stereocenters. The maximum atomic E-state index is 7.03. The Morgan fingerprint density at radius 2 is 1.61 bits per heavy atom. The van der Waals surface area contributed by atoms with Gasteiger partial charge in [-0.25, -0.2) is 0 Å². The number of para-hydroxylation sites is 1. The van der Waals surface area contributed by atoms with Gasteiger partial charge in [0.15, 0.2) is 0 Å². The highest BCUT2D eigenvalue weighted by molar-refractivity contribution is 6.33. The molecule has 0 saturated carbocycles. The Morgan fingerprint density at radius 3 is 2.43 bits per heavy atom. The lowest BCUT2D eigenvalue weighted by molar-refractivity contribution is 0.156. The summed E-state index contributed by atoms with van der Waals surface area (Å²) in [7, 11) is 7.03. The van der Waals surface area contributed by atoms with Crippen molar-refractivity contribution < 1.29 is 4.42 Å². The monoisotopic (exact) mass is 568 g/mol. The summed E-state index contributed by atoms with van der Waals surface area (Å²) in [4.78, 5) is 0. The summed E-state index contributed by atoms with van der Waals surface area (Å²) < 4.78 is 6.48. The average molecular weight is 569 g/mol. The molecule has 4 aliphatic carbocycles. The molecule has 2 radical (unpaired) electrons. The molecule has 0 saturated heterocycles. The van der Waals surface area contributed by atoms with E-state index in [4.69, 9.17) is 12.3 Å². The van der Waals surface area contributed by atoms with Crippen molar-refractivity contribution in [3.8, 4) is 0 Å². The highest BCUT2D eigenvalue weighted by Crippen LogP contribution is 2.67. The molecule has 0 fully saturated rings. The van der Waals surface area contributed by atoms with Gasteiger partial charge in [0.1, 0.15) is 19.2 Å². The lowest BCUT2D eigenvalue weighted by Crippen LogP contribution is -2.53. The molecule has 1 heterocycles. The fourth-order valence-electron chi connectivity index (χ4n) is 9.57. The van der Waals surface area contributed by atoms with Gasteiger partial charge in [-0.05, 0) is 76.2 Å². The number of furan rings is 1. The van der Waals surface area contributed by atoms with Gasteiger partial charge in [-0.2, -0.15) is 0 Å². The molecular formula is C42H37BO. The van der Waals surface area contributed by atoms with Crippen molar-refractivity contribution in [1.82, 2.24) is 0 Å². The first kappa shape index (κ1) is 27.3. The Morgan fingerprint density at radius 1 is 0.886 bits per heavy atom. The number of benzene rings is 3. The van der Waals surface area contributed by atoms with E-state index >= 15 is 0 Å². The van der Waals surface area contributed by atoms with E-state index in [1.165, 1.54) is 27.8 Å². The smallest absolute Gasteiger partial charge is 0.144 e. The normalized spacial score (nSPS) is 27.5. The lowest BCUT2D eigenvalue weighted by atomic mass is 9.46. The third-order valence-electron chi connectivity index (χ3n) is 11.3. The van der Waals surface area contributed by atoms with Crippen LogP contribution in [0, 0.1) is 17.8 Å². The maximum absolute atomic E-state index is 7.03. The van der Waals surface area contributed by atoms with Gasteiger partial charge in [0.2, 0.25) is 0 Å². The van der Waals surface area contributed by atoms with Gasteiger partial charge < -0.3 is 4.42 Å². The summed E-state index contributed by atoms with van der Waals surface area (Å²) in [6.07, 6.45) is 19.1. The topological polar surface area (TPSA) is 13.1 Å². The summed E-state index contributed by atoms with van der Waals surface area (Å²) in [5.74, 6) is 2.29. The molecule has 8 rings (SSSR count). The number of fused-ring (bicyclic) bond motifs is 9. The van der Waals surface area contributed by atoms with E-state index < -0.39 is 0 Å². The van der Waals surface area contributed by atoms with Gasteiger partial charge in [0, 0.05) is 28.5 Å². The second-order valence-electron chi connectivity index (χ2n) is 13.7. The Balaban J connectivity index is 1.34. The van der Waals surface area contributed by atoms with Crippen molar-refractivity contribution in [2.24, 2.45) is 17.8 Å². The molecule has 0 N–H and O–H groups in total. The Bertz CT molecular complexity index is 2020. The molecule has 4 aromatic rings. The van der Waals surface area contributed by atoms with Crippen LogP contribution in [0.3, 0.4) is 0 Å². The largest absolute Gasteiger partial charge is 0.455 e. The van der Waals surface area contributed by atoms with Gasteiger partial charge in [0.25, 0.3) is 0 Å². The quantitative estimate of drug-likeness (QED) is 0.120. The van der Waals surface area contributed by atoms with Crippen LogP contribution >= 0.6 is 0 Å². The number of hydrogen-bond acceptors (Lipinski definition) is 1. The van der Waals surface area contributed by atoms with E-state index in [1.54, 1.807) is 0 Å². The maximum Gasteiger partial charge on any atom is 0.144 e. The van der Waals surface area contributed by atoms with E-state index in [0.29, 0.717) is 11.8 Å². The summed E-state index contributed by atoms with van der Waals surface area (Å²) in [6.45, 7) is 9.41. The first-order chi connectivity index (χ1) is 21.4. The zero-order valence-electron chi connectivity index (χ0n) is 26.0. The van der Waals surface area contributed by atoms with Gasteiger partial charge in [-0.1, -0.05) is 135 Å². The van der Waals surface area contributed by atoms with E-state index in [-0.39, 0.29) is 28.6 Å².